The molecule has 1 aromatic rings. The van der Waals surface area contributed by atoms with Crippen LogP contribution in [0.15, 0.2) is 37.4 Å². The molecule has 0 bridgehead atoms. The van der Waals surface area contributed by atoms with Gasteiger partial charge in [-0.2, -0.15) is 0 Å². The highest BCUT2D eigenvalue weighted by Crippen LogP contribution is 2.15. The molecule has 0 fully saturated rings. The van der Waals surface area contributed by atoms with Crippen molar-refractivity contribution in [2.75, 3.05) is 0 Å². The molecule has 1 aromatic carbocycles. The van der Waals surface area contributed by atoms with Crippen LogP contribution in [-0.4, -0.2) is 0 Å². The highest BCUT2D eigenvalue weighted by atomic mass is 14.0. The van der Waals surface area contributed by atoms with E-state index in [0.717, 1.165) is 6.42 Å². The van der Waals surface area contributed by atoms with Gasteiger partial charge in [0.1, 0.15) is 0 Å². The quantitative estimate of drug-likeness (QED) is 0.617. The standard InChI is InChI=1S/C12H14.C2H6/c1-4-7-12-10(3)8-6-9-11(12)5-2;1-2/h4-6,8-9H,1-2,7H2,3H3;1-2H3. The van der Waals surface area contributed by atoms with Crippen LogP contribution in [0.2, 0.25) is 0 Å². The van der Waals surface area contributed by atoms with Crippen LogP contribution < -0.4 is 0 Å². The minimum absolute atomic E-state index is 0.925. The molecule has 0 aliphatic rings. The maximum atomic E-state index is 3.78. The lowest BCUT2D eigenvalue weighted by Gasteiger charge is -2.06. The van der Waals surface area contributed by atoms with Crippen molar-refractivity contribution < 1.29 is 0 Å². The normalized spacial score (nSPS) is 8.50. The predicted octanol–water partition coefficient (Wildman–Crippen LogP) is 4.39. The second kappa shape index (κ2) is 7.14. The Morgan fingerprint density at radius 1 is 1.21 bits per heavy atom. The summed E-state index contributed by atoms with van der Waals surface area (Å²) in [6.45, 7) is 13.6. The first-order chi connectivity index (χ1) is 6.79. The van der Waals surface area contributed by atoms with Gasteiger partial charge in [-0.25, -0.2) is 0 Å². The fraction of sp³-hybridized carbons (Fsp3) is 0.286. The summed E-state index contributed by atoms with van der Waals surface area (Å²) in [5.41, 5.74) is 3.87. The summed E-state index contributed by atoms with van der Waals surface area (Å²) in [6.07, 6.45) is 4.75. The summed E-state index contributed by atoms with van der Waals surface area (Å²) in [7, 11) is 0. The highest BCUT2D eigenvalue weighted by Gasteiger charge is 1.99. The lowest BCUT2D eigenvalue weighted by molar-refractivity contribution is 1.21. The summed E-state index contributed by atoms with van der Waals surface area (Å²) in [6, 6.07) is 6.25. The molecule has 0 spiro atoms. The van der Waals surface area contributed by atoms with E-state index in [0.29, 0.717) is 0 Å². The van der Waals surface area contributed by atoms with Crippen molar-refractivity contribution in [2.24, 2.45) is 0 Å². The van der Waals surface area contributed by atoms with Crippen molar-refractivity contribution in [2.45, 2.75) is 27.2 Å². The van der Waals surface area contributed by atoms with Crippen molar-refractivity contribution >= 4 is 6.08 Å². The number of benzene rings is 1. The SMILES string of the molecule is C=CCc1c(C)cccc1C=C.CC. The molecule has 0 heteroatoms. The molecule has 0 unspecified atom stereocenters. The minimum atomic E-state index is 0.925. The molecule has 0 nitrogen and oxygen atoms in total. The molecule has 0 atom stereocenters. The Morgan fingerprint density at radius 3 is 2.36 bits per heavy atom. The molecular formula is C14H20. The number of allylic oxidation sites excluding steroid dienone is 1. The van der Waals surface area contributed by atoms with E-state index >= 15 is 0 Å². The molecule has 0 N–H and O–H groups in total. The lowest BCUT2D eigenvalue weighted by atomic mass is 9.99. The van der Waals surface area contributed by atoms with Crippen molar-refractivity contribution in [1.29, 1.82) is 0 Å². The Bertz CT molecular complexity index is 295. The zero-order chi connectivity index (χ0) is 11.0. The van der Waals surface area contributed by atoms with Crippen LogP contribution in [0.5, 0.6) is 0 Å². The van der Waals surface area contributed by atoms with Crippen LogP contribution >= 0.6 is 0 Å². The van der Waals surface area contributed by atoms with E-state index in [-0.39, 0.29) is 0 Å². The predicted molar refractivity (Wildman–Crippen MR) is 66.5 cm³/mol. The third kappa shape index (κ3) is 3.21. The second-order valence-electron chi connectivity index (χ2n) is 2.84. The molecule has 0 amide bonds. The van der Waals surface area contributed by atoms with Gasteiger partial charge in [0.25, 0.3) is 0 Å². The second-order valence-corrected chi connectivity index (χ2v) is 2.84. The van der Waals surface area contributed by atoms with E-state index in [2.05, 4.69) is 38.3 Å². The molecule has 0 aliphatic heterocycles. The van der Waals surface area contributed by atoms with E-state index in [1.54, 1.807) is 0 Å². The van der Waals surface area contributed by atoms with Gasteiger partial charge in [0.2, 0.25) is 0 Å². The fourth-order valence-electron chi connectivity index (χ4n) is 1.34. The average molecular weight is 188 g/mol. The fourth-order valence-corrected chi connectivity index (χ4v) is 1.34. The Labute approximate surface area is 88.0 Å². The van der Waals surface area contributed by atoms with Gasteiger partial charge in [0, 0.05) is 0 Å². The molecule has 0 heterocycles. The molecule has 76 valence electrons. The Kier molecular flexibility index (Phi) is 6.47. The highest BCUT2D eigenvalue weighted by molar-refractivity contribution is 5.54. The van der Waals surface area contributed by atoms with E-state index in [1.807, 2.05) is 26.0 Å². The van der Waals surface area contributed by atoms with E-state index < -0.39 is 0 Å². The molecule has 1 rings (SSSR count). The molecule has 0 saturated carbocycles. The first kappa shape index (κ1) is 12.7. The molecule has 0 aliphatic carbocycles. The average Bonchev–Trinajstić information content (AvgIpc) is 2.24. The van der Waals surface area contributed by atoms with Gasteiger partial charge < -0.3 is 0 Å². The monoisotopic (exact) mass is 188 g/mol. The number of hydrogen-bond acceptors (Lipinski definition) is 0. The summed E-state index contributed by atoms with van der Waals surface area (Å²) >= 11 is 0. The van der Waals surface area contributed by atoms with Gasteiger partial charge in [-0.05, 0) is 30.0 Å². The van der Waals surface area contributed by atoms with Gasteiger partial charge >= 0.3 is 0 Å². The van der Waals surface area contributed by atoms with E-state index in [4.69, 9.17) is 0 Å². The Morgan fingerprint density at radius 2 is 1.86 bits per heavy atom. The van der Waals surface area contributed by atoms with E-state index in [9.17, 15) is 0 Å². The van der Waals surface area contributed by atoms with E-state index in [1.165, 1.54) is 16.7 Å². The third-order valence-corrected chi connectivity index (χ3v) is 2.01. The van der Waals surface area contributed by atoms with Crippen LogP contribution in [-0.2, 0) is 6.42 Å². The van der Waals surface area contributed by atoms with Crippen molar-refractivity contribution in [3.8, 4) is 0 Å². The first-order valence-corrected chi connectivity index (χ1v) is 5.11. The molecule has 14 heavy (non-hydrogen) atoms. The lowest BCUT2D eigenvalue weighted by Crippen LogP contribution is -1.90. The first-order valence-electron chi connectivity index (χ1n) is 5.11. The minimum Gasteiger partial charge on any atom is -0.103 e. The smallest absolute Gasteiger partial charge is 0.00916 e. The Hall–Kier alpha value is -1.30. The van der Waals surface area contributed by atoms with Crippen LogP contribution in [0, 0.1) is 6.92 Å². The summed E-state index contributed by atoms with van der Waals surface area (Å²) in [5, 5.41) is 0. The van der Waals surface area contributed by atoms with Gasteiger partial charge in [-0.1, -0.05) is 50.8 Å². The van der Waals surface area contributed by atoms with Gasteiger partial charge in [0.15, 0.2) is 0 Å². The zero-order valence-electron chi connectivity index (χ0n) is 9.51. The zero-order valence-corrected chi connectivity index (χ0v) is 9.51. The molecule has 0 radical (unpaired) electrons. The number of hydrogen-bond donors (Lipinski definition) is 0. The van der Waals surface area contributed by atoms with Crippen LogP contribution in [0.3, 0.4) is 0 Å². The largest absolute Gasteiger partial charge is 0.103 e. The van der Waals surface area contributed by atoms with Crippen LogP contribution in [0.1, 0.15) is 30.5 Å². The molecule has 0 aromatic heterocycles. The number of aryl methyl sites for hydroxylation is 1. The van der Waals surface area contributed by atoms with Crippen molar-refractivity contribution in [3.63, 3.8) is 0 Å². The van der Waals surface area contributed by atoms with Gasteiger partial charge in [0.05, 0.1) is 0 Å². The Balaban J connectivity index is 0.000000791. The number of rotatable bonds is 3. The third-order valence-electron chi connectivity index (χ3n) is 2.01. The maximum absolute atomic E-state index is 3.78. The van der Waals surface area contributed by atoms with Gasteiger partial charge in [-0.3, -0.25) is 0 Å². The van der Waals surface area contributed by atoms with Crippen LogP contribution in [0.25, 0.3) is 6.08 Å². The maximum Gasteiger partial charge on any atom is -0.00916 e. The summed E-state index contributed by atoms with van der Waals surface area (Å²) in [4.78, 5) is 0. The molecular weight excluding hydrogens is 168 g/mol. The topological polar surface area (TPSA) is 0 Å². The van der Waals surface area contributed by atoms with Crippen molar-refractivity contribution in [1.82, 2.24) is 0 Å². The van der Waals surface area contributed by atoms with Crippen molar-refractivity contribution in [3.05, 3.63) is 54.1 Å². The van der Waals surface area contributed by atoms with Gasteiger partial charge in [-0.15, -0.1) is 6.58 Å². The summed E-state index contributed by atoms with van der Waals surface area (Å²) in [5.74, 6) is 0. The summed E-state index contributed by atoms with van der Waals surface area (Å²) < 4.78 is 0. The van der Waals surface area contributed by atoms with Crippen LogP contribution in [0.4, 0.5) is 0 Å². The molecule has 0 saturated heterocycles.